The van der Waals surface area contributed by atoms with Crippen LogP contribution >= 0.6 is 0 Å². The molecule has 0 spiro atoms. The molecule has 6 nitrogen and oxygen atoms in total. The molecule has 2 aromatic carbocycles. The van der Waals surface area contributed by atoms with E-state index >= 15 is 0 Å². The number of hydrogen-bond acceptors (Lipinski definition) is 5. The van der Waals surface area contributed by atoms with Crippen molar-refractivity contribution in [2.45, 2.75) is 0 Å². The van der Waals surface area contributed by atoms with Crippen LogP contribution in [0.5, 0.6) is 11.5 Å². The fourth-order valence-electron chi connectivity index (χ4n) is 2.05. The monoisotopic (exact) mass is 289 g/mol. The van der Waals surface area contributed by atoms with Crippen LogP contribution in [0.2, 0.25) is 0 Å². The lowest BCUT2D eigenvalue weighted by Crippen LogP contribution is -2.22. The standard InChI is InChI=1S/C15H8O6/c16-9-3-1-2-7-11(9)14(19)12-8(13(7)18)4-6(15(20)21)5-10(12)17/h1-5,16-17H,(H,20,21)/i1D,2D,3D,4D,5D. The van der Waals surface area contributed by atoms with Crippen LogP contribution in [0.3, 0.4) is 0 Å². The van der Waals surface area contributed by atoms with Gasteiger partial charge in [0.15, 0.2) is 5.78 Å². The van der Waals surface area contributed by atoms with Crippen molar-refractivity contribution < 1.29 is 36.6 Å². The lowest BCUT2D eigenvalue weighted by Gasteiger charge is -2.19. The van der Waals surface area contributed by atoms with Crippen molar-refractivity contribution in [3.05, 3.63) is 58.0 Å². The Morgan fingerprint density at radius 2 is 1.62 bits per heavy atom. The van der Waals surface area contributed by atoms with Gasteiger partial charge in [-0.15, -0.1) is 0 Å². The first kappa shape index (κ1) is 8.21. The molecule has 0 heterocycles. The smallest absolute Gasteiger partial charge is 0.335 e. The normalized spacial score (nSPS) is 16.1. The van der Waals surface area contributed by atoms with Crippen molar-refractivity contribution in [1.29, 1.82) is 0 Å². The summed E-state index contributed by atoms with van der Waals surface area (Å²) < 4.78 is 38.5. The molecule has 0 aliphatic heterocycles. The van der Waals surface area contributed by atoms with Gasteiger partial charge < -0.3 is 15.3 Å². The number of hydrogen-bond donors (Lipinski definition) is 3. The number of aromatic hydroxyl groups is 2. The first-order valence-corrected chi connectivity index (χ1v) is 5.53. The number of carboxylic acid groups (broad SMARTS) is 1. The summed E-state index contributed by atoms with van der Waals surface area (Å²) in [5.41, 5.74) is -4.26. The number of fused-ring (bicyclic) bond motifs is 2. The quantitative estimate of drug-likeness (QED) is 0.627. The Hall–Kier alpha value is -3.15. The summed E-state index contributed by atoms with van der Waals surface area (Å²) in [5, 5.41) is 29.2. The number of phenolic OH excluding ortho intramolecular Hbond substituents is 2. The Morgan fingerprint density at radius 3 is 2.29 bits per heavy atom. The van der Waals surface area contributed by atoms with E-state index in [4.69, 9.17) is 12.0 Å². The zero-order valence-electron chi connectivity index (χ0n) is 15.1. The van der Waals surface area contributed by atoms with Crippen molar-refractivity contribution in [3.63, 3.8) is 0 Å². The Kier molecular flexibility index (Phi) is 1.63. The summed E-state index contributed by atoms with van der Waals surface area (Å²) in [5.74, 6) is -6.47. The minimum absolute atomic E-state index is 0.761. The Labute approximate surface area is 124 Å². The highest BCUT2D eigenvalue weighted by Gasteiger charge is 2.34. The molecule has 0 unspecified atom stereocenters. The van der Waals surface area contributed by atoms with Crippen molar-refractivity contribution in [3.8, 4) is 11.5 Å². The Balaban J connectivity index is 2.54. The summed E-state index contributed by atoms with van der Waals surface area (Å²) in [4.78, 5) is 36.7. The highest BCUT2D eigenvalue weighted by Crippen LogP contribution is 2.37. The molecule has 0 amide bonds. The molecule has 1 aliphatic rings. The number of benzene rings is 2. The number of phenols is 2. The van der Waals surface area contributed by atoms with Gasteiger partial charge in [-0.1, -0.05) is 12.1 Å². The molecule has 0 bridgehead atoms. The molecule has 0 saturated carbocycles. The van der Waals surface area contributed by atoms with Gasteiger partial charge in [-0.25, -0.2) is 4.79 Å². The van der Waals surface area contributed by atoms with Gasteiger partial charge in [-0.05, 0) is 18.1 Å². The number of carboxylic acids is 1. The summed E-state index contributed by atoms with van der Waals surface area (Å²) in [6.45, 7) is 0. The minimum Gasteiger partial charge on any atom is -0.507 e. The fourth-order valence-corrected chi connectivity index (χ4v) is 2.05. The SMILES string of the molecule is [2H]c1c([2H])c(O)c2c(c1[2H])C(=O)c1c([2H])c(C(=O)O)c([2H])c(O)c1C2=O. The average molecular weight is 289 g/mol. The maximum atomic E-state index is 12.7. The van der Waals surface area contributed by atoms with Crippen LogP contribution in [-0.2, 0) is 0 Å². The highest BCUT2D eigenvalue weighted by atomic mass is 16.4. The lowest BCUT2D eigenvalue weighted by molar-refractivity contribution is 0.0695. The van der Waals surface area contributed by atoms with E-state index < -0.39 is 87.1 Å². The number of ketones is 2. The molecule has 3 rings (SSSR count). The maximum absolute atomic E-state index is 12.7. The van der Waals surface area contributed by atoms with E-state index in [9.17, 15) is 24.6 Å². The van der Waals surface area contributed by atoms with Crippen LogP contribution < -0.4 is 0 Å². The first-order chi connectivity index (χ1) is 12.0. The number of aromatic carboxylic acids is 1. The Morgan fingerprint density at radius 1 is 0.952 bits per heavy atom. The van der Waals surface area contributed by atoms with Crippen LogP contribution in [0.25, 0.3) is 0 Å². The van der Waals surface area contributed by atoms with E-state index in [1.54, 1.807) is 0 Å². The number of carbonyl (C=O) groups is 3. The Bertz CT molecular complexity index is 1080. The molecular weight excluding hydrogens is 276 g/mol. The van der Waals surface area contributed by atoms with E-state index in [0.29, 0.717) is 0 Å². The third-order valence-electron chi connectivity index (χ3n) is 2.96. The van der Waals surface area contributed by atoms with Crippen molar-refractivity contribution in [2.75, 3.05) is 0 Å². The van der Waals surface area contributed by atoms with Gasteiger partial charge in [0.2, 0.25) is 5.78 Å². The van der Waals surface area contributed by atoms with Crippen molar-refractivity contribution in [2.24, 2.45) is 0 Å². The topological polar surface area (TPSA) is 112 Å². The van der Waals surface area contributed by atoms with E-state index in [0.717, 1.165) is 0 Å². The summed E-state index contributed by atoms with van der Waals surface area (Å²) in [7, 11) is 0. The molecule has 1 aliphatic carbocycles. The molecular formula is C15H8O6. The molecule has 6 heteroatoms. The van der Waals surface area contributed by atoms with Crippen LogP contribution in [0.15, 0.2) is 30.2 Å². The van der Waals surface area contributed by atoms with Gasteiger partial charge in [0, 0.05) is 11.1 Å². The van der Waals surface area contributed by atoms with Crippen LogP contribution in [-0.4, -0.2) is 32.9 Å². The second-order valence-electron chi connectivity index (χ2n) is 4.16. The third kappa shape index (κ3) is 1.69. The highest BCUT2D eigenvalue weighted by molar-refractivity contribution is 6.30. The second-order valence-corrected chi connectivity index (χ2v) is 4.16. The van der Waals surface area contributed by atoms with Gasteiger partial charge in [-0.3, -0.25) is 9.59 Å². The van der Waals surface area contributed by atoms with E-state index in [1.165, 1.54) is 0 Å². The van der Waals surface area contributed by atoms with E-state index in [1.807, 2.05) is 0 Å². The molecule has 0 fully saturated rings. The zero-order chi connectivity index (χ0) is 19.7. The van der Waals surface area contributed by atoms with Gasteiger partial charge in [-0.2, -0.15) is 0 Å². The summed E-state index contributed by atoms with van der Waals surface area (Å²) in [6, 6.07) is -4.62. The predicted molar refractivity (Wildman–Crippen MR) is 70.0 cm³/mol. The maximum Gasteiger partial charge on any atom is 0.335 e. The second kappa shape index (κ2) is 4.17. The molecule has 0 aromatic heterocycles. The molecule has 0 saturated heterocycles. The average Bonchev–Trinajstić information content (AvgIpc) is 2.57. The minimum atomic E-state index is -1.78. The van der Waals surface area contributed by atoms with Crippen LogP contribution in [0, 0.1) is 0 Å². The lowest BCUT2D eigenvalue weighted by atomic mass is 9.82. The molecule has 104 valence electrons. The van der Waals surface area contributed by atoms with Crippen molar-refractivity contribution >= 4 is 17.5 Å². The molecule has 2 aromatic rings. The van der Waals surface area contributed by atoms with Gasteiger partial charge >= 0.3 is 5.97 Å². The van der Waals surface area contributed by atoms with Crippen LogP contribution in [0.4, 0.5) is 0 Å². The molecule has 3 N–H and O–H groups in total. The van der Waals surface area contributed by atoms with E-state index in [-0.39, 0.29) is 0 Å². The number of rotatable bonds is 1. The number of carbonyl (C=O) groups excluding carboxylic acids is 2. The summed E-state index contributed by atoms with van der Waals surface area (Å²) in [6.07, 6.45) is 0. The molecule has 0 radical (unpaired) electrons. The van der Waals surface area contributed by atoms with Gasteiger partial charge in [0.1, 0.15) is 11.5 Å². The molecule has 0 atom stereocenters. The fraction of sp³-hybridized carbons (Fsp3) is 0. The predicted octanol–water partition coefficient (Wildman–Crippen LogP) is 1.57. The van der Waals surface area contributed by atoms with Gasteiger partial charge in [0.25, 0.3) is 0 Å². The zero-order valence-corrected chi connectivity index (χ0v) is 10.1. The van der Waals surface area contributed by atoms with Gasteiger partial charge in [0.05, 0.1) is 23.5 Å². The van der Waals surface area contributed by atoms with E-state index in [2.05, 4.69) is 0 Å². The summed E-state index contributed by atoms with van der Waals surface area (Å²) >= 11 is 0. The first-order valence-electron chi connectivity index (χ1n) is 8.03. The molecule has 21 heavy (non-hydrogen) atoms. The third-order valence-corrected chi connectivity index (χ3v) is 2.96. The largest absolute Gasteiger partial charge is 0.507 e. The van der Waals surface area contributed by atoms with Crippen molar-refractivity contribution in [1.82, 2.24) is 0 Å². The van der Waals surface area contributed by atoms with Crippen LogP contribution in [0.1, 0.15) is 49.1 Å².